The highest BCUT2D eigenvalue weighted by Gasteiger charge is 2.22. The topological polar surface area (TPSA) is 57.5 Å². The normalized spacial score (nSPS) is 14.7. The van der Waals surface area contributed by atoms with Gasteiger partial charge in [-0.05, 0) is 12.8 Å². The van der Waals surface area contributed by atoms with Gasteiger partial charge in [0.2, 0.25) is 0 Å². The molecule has 3 nitrogen and oxygen atoms in total. The van der Waals surface area contributed by atoms with Gasteiger partial charge in [0.25, 0.3) is 0 Å². The molecule has 1 atom stereocenters. The lowest BCUT2D eigenvalue weighted by atomic mass is 10.2. The summed E-state index contributed by atoms with van der Waals surface area (Å²) in [5, 5.41) is 0. The van der Waals surface area contributed by atoms with Crippen LogP contribution in [-0.2, 0) is 4.57 Å². The smallest absolute Gasteiger partial charge is 0.324 e. The zero-order valence-electron chi connectivity index (χ0n) is 6.03. The van der Waals surface area contributed by atoms with Crippen molar-refractivity contribution < 1.29 is 14.4 Å². The van der Waals surface area contributed by atoms with Crippen molar-refractivity contribution in [3.63, 3.8) is 0 Å². The monoisotopic (exact) mass is 164 g/mol. The van der Waals surface area contributed by atoms with Gasteiger partial charge < -0.3 is 9.79 Å². The molecule has 10 heavy (non-hydrogen) atoms. The summed E-state index contributed by atoms with van der Waals surface area (Å²) >= 11 is 0. The molecule has 0 bridgehead atoms. The van der Waals surface area contributed by atoms with Crippen LogP contribution in [0.2, 0.25) is 0 Å². The molecule has 0 radical (unpaired) electrons. The minimum absolute atomic E-state index is 0.508. The number of hydrogen-bond acceptors (Lipinski definition) is 1. The number of hydrogen-bond donors (Lipinski definition) is 2. The molecule has 0 aliphatic heterocycles. The van der Waals surface area contributed by atoms with Crippen LogP contribution < -0.4 is 0 Å². The summed E-state index contributed by atoms with van der Waals surface area (Å²) in [6.07, 6.45) is 2.83. The van der Waals surface area contributed by atoms with E-state index in [1.807, 2.05) is 0 Å². The summed E-state index contributed by atoms with van der Waals surface area (Å²) in [5.74, 6) is 0. The first-order valence-electron chi connectivity index (χ1n) is 3.14. The van der Waals surface area contributed by atoms with Gasteiger partial charge in [0, 0.05) is 0 Å². The Morgan fingerprint density at radius 3 is 2.50 bits per heavy atom. The summed E-state index contributed by atoms with van der Waals surface area (Å²) in [7, 11) is -3.83. The Balaban J connectivity index is 3.73. The van der Waals surface area contributed by atoms with Crippen molar-refractivity contribution in [1.29, 1.82) is 0 Å². The lowest BCUT2D eigenvalue weighted by molar-refractivity contribution is 0.358. The highest BCUT2D eigenvalue weighted by molar-refractivity contribution is 7.52. The fourth-order valence-electron chi connectivity index (χ4n) is 0.527. The van der Waals surface area contributed by atoms with Crippen LogP contribution >= 0.6 is 7.60 Å². The molecule has 0 heterocycles. The van der Waals surface area contributed by atoms with E-state index in [0.717, 1.165) is 0 Å². The SMILES string of the molecule is C=CCCC(C)P(=O)(O)O. The summed E-state index contributed by atoms with van der Waals surface area (Å²) < 4.78 is 10.5. The molecule has 60 valence electrons. The highest BCUT2D eigenvalue weighted by atomic mass is 31.2. The van der Waals surface area contributed by atoms with E-state index in [1.165, 1.54) is 0 Å². The highest BCUT2D eigenvalue weighted by Crippen LogP contribution is 2.42. The maximum atomic E-state index is 10.5. The first-order chi connectivity index (χ1) is 4.48. The lowest BCUT2D eigenvalue weighted by Crippen LogP contribution is -2.01. The van der Waals surface area contributed by atoms with Crippen LogP contribution in [0.15, 0.2) is 12.7 Å². The second-order valence-corrected chi connectivity index (χ2v) is 4.36. The Kier molecular flexibility index (Phi) is 3.87. The van der Waals surface area contributed by atoms with Crippen LogP contribution in [0.5, 0.6) is 0 Å². The van der Waals surface area contributed by atoms with Crippen LogP contribution in [-0.4, -0.2) is 15.4 Å². The van der Waals surface area contributed by atoms with Crippen molar-refractivity contribution in [2.45, 2.75) is 25.4 Å². The first-order valence-corrected chi connectivity index (χ1v) is 4.82. The summed E-state index contributed by atoms with van der Waals surface area (Å²) in [6, 6.07) is 0. The zero-order valence-corrected chi connectivity index (χ0v) is 6.92. The summed E-state index contributed by atoms with van der Waals surface area (Å²) in [5.41, 5.74) is -0.537. The molecular formula is C6H13O3P. The average molecular weight is 164 g/mol. The van der Waals surface area contributed by atoms with E-state index in [2.05, 4.69) is 6.58 Å². The van der Waals surface area contributed by atoms with E-state index in [0.29, 0.717) is 12.8 Å². The minimum Gasteiger partial charge on any atom is -0.324 e. The molecule has 0 saturated heterocycles. The Bertz CT molecular complexity index is 149. The number of rotatable bonds is 4. The molecule has 0 aliphatic rings. The van der Waals surface area contributed by atoms with Gasteiger partial charge in [0.15, 0.2) is 0 Å². The fraction of sp³-hybridized carbons (Fsp3) is 0.667. The fourth-order valence-corrected chi connectivity index (χ4v) is 1.01. The predicted octanol–water partition coefficient (Wildman–Crippen LogP) is 1.52. The van der Waals surface area contributed by atoms with Crippen molar-refractivity contribution in [2.75, 3.05) is 0 Å². The molecule has 2 N–H and O–H groups in total. The van der Waals surface area contributed by atoms with Gasteiger partial charge in [-0.2, -0.15) is 0 Å². The molecule has 0 spiro atoms. The van der Waals surface area contributed by atoms with E-state index >= 15 is 0 Å². The Morgan fingerprint density at radius 1 is 1.70 bits per heavy atom. The van der Waals surface area contributed by atoms with Crippen molar-refractivity contribution >= 4 is 7.60 Å². The van der Waals surface area contributed by atoms with Gasteiger partial charge >= 0.3 is 7.60 Å². The van der Waals surface area contributed by atoms with Crippen molar-refractivity contribution in [3.05, 3.63) is 12.7 Å². The molecule has 0 aliphatic carbocycles. The maximum Gasteiger partial charge on any atom is 0.328 e. The van der Waals surface area contributed by atoms with Crippen molar-refractivity contribution in [3.8, 4) is 0 Å². The minimum atomic E-state index is -3.83. The van der Waals surface area contributed by atoms with Gasteiger partial charge in [0.05, 0.1) is 5.66 Å². The standard InChI is InChI=1S/C6H13O3P/c1-3-4-5-6(2)10(7,8)9/h3,6H,1,4-5H2,2H3,(H2,7,8,9). The van der Waals surface area contributed by atoms with E-state index in [-0.39, 0.29) is 0 Å². The third kappa shape index (κ3) is 3.83. The van der Waals surface area contributed by atoms with Crippen LogP contribution in [0.4, 0.5) is 0 Å². The maximum absolute atomic E-state index is 10.5. The van der Waals surface area contributed by atoms with E-state index < -0.39 is 13.3 Å². The van der Waals surface area contributed by atoms with Gasteiger partial charge in [-0.15, -0.1) is 6.58 Å². The quantitative estimate of drug-likeness (QED) is 0.489. The second kappa shape index (κ2) is 3.91. The van der Waals surface area contributed by atoms with Crippen LogP contribution in [0.3, 0.4) is 0 Å². The van der Waals surface area contributed by atoms with Gasteiger partial charge in [0.1, 0.15) is 0 Å². The van der Waals surface area contributed by atoms with Gasteiger partial charge in [-0.1, -0.05) is 13.0 Å². The third-order valence-electron chi connectivity index (χ3n) is 1.36. The van der Waals surface area contributed by atoms with Gasteiger partial charge in [-0.25, -0.2) is 0 Å². The first kappa shape index (κ1) is 9.89. The van der Waals surface area contributed by atoms with E-state index in [4.69, 9.17) is 9.79 Å². The number of allylic oxidation sites excluding steroid dienone is 1. The molecule has 0 aromatic heterocycles. The van der Waals surface area contributed by atoms with Crippen LogP contribution in [0, 0.1) is 0 Å². The van der Waals surface area contributed by atoms with E-state index in [9.17, 15) is 4.57 Å². The Labute approximate surface area is 60.9 Å². The molecule has 0 aromatic rings. The van der Waals surface area contributed by atoms with Crippen molar-refractivity contribution in [1.82, 2.24) is 0 Å². The third-order valence-corrected chi connectivity index (χ3v) is 2.77. The molecule has 4 heteroatoms. The van der Waals surface area contributed by atoms with Crippen molar-refractivity contribution in [2.24, 2.45) is 0 Å². The second-order valence-electron chi connectivity index (χ2n) is 2.30. The molecule has 0 amide bonds. The summed E-state index contributed by atoms with van der Waals surface area (Å²) in [4.78, 5) is 17.2. The molecular weight excluding hydrogens is 151 g/mol. The molecule has 0 aromatic carbocycles. The lowest BCUT2D eigenvalue weighted by Gasteiger charge is -2.10. The molecule has 0 saturated carbocycles. The Morgan fingerprint density at radius 2 is 2.20 bits per heavy atom. The predicted molar refractivity (Wildman–Crippen MR) is 40.9 cm³/mol. The molecule has 0 fully saturated rings. The van der Waals surface area contributed by atoms with Crippen LogP contribution in [0.1, 0.15) is 19.8 Å². The Hall–Kier alpha value is -0.110. The molecule has 0 rings (SSSR count). The zero-order chi connectivity index (χ0) is 8.20. The van der Waals surface area contributed by atoms with E-state index in [1.54, 1.807) is 13.0 Å². The van der Waals surface area contributed by atoms with Gasteiger partial charge in [-0.3, -0.25) is 4.57 Å². The molecule has 1 unspecified atom stereocenters. The largest absolute Gasteiger partial charge is 0.328 e. The average Bonchev–Trinajstić information content (AvgIpc) is 1.80. The summed E-state index contributed by atoms with van der Waals surface area (Å²) in [6.45, 7) is 5.01. The van der Waals surface area contributed by atoms with Crippen LogP contribution in [0.25, 0.3) is 0 Å².